The molecule has 2 aromatic carbocycles. The van der Waals surface area contributed by atoms with Crippen LogP contribution >= 0.6 is 0 Å². The van der Waals surface area contributed by atoms with Crippen molar-refractivity contribution in [3.63, 3.8) is 0 Å². The van der Waals surface area contributed by atoms with Crippen molar-refractivity contribution in [1.29, 1.82) is 0 Å². The smallest absolute Gasteiger partial charge is 0.271 e. The van der Waals surface area contributed by atoms with E-state index in [0.29, 0.717) is 30.2 Å². The van der Waals surface area contributed by atoms with Crippen molar-refractivity contribution >= 4 is 5.91 Å². The summed E-state index contributed by atoms with van der Waals surface area (Å²) in [7, 11) is 3.20. The lowest BCUT2D eigenvalue weighted by atomic mass is 10.1. The molecular weight excluding hydrogens is 382 g/mol. The minimum atomic E-state index is -0.221. The first-order valence-corrected chi connectivity index (χ1v) is 9.72. The highest BCUT2D eigenvalue weighted by Crippen LogP contribution is 2.27. The maximum atomic E-state index is 12.4. The second-order valence-electron chi connectivity index (χ2n) is 6.98. The Morgan fingerprint density at radius 2 is 1.80 bits per heavy atom. The Labute approximate surface area is 176 Å². The second-order valence-corrected chi connectivity index (χ2v) is 6.98. The number of methoxy groups -OCH3 is 2. The van der Waals surface area contributed by atoms with Gasteiger partial charge in [-0.3, -0.25) is 4.79 Å². The zero-order valence-electron chi connectivity index (χ0n) is 17.8. The molecule has 0 bridgehead atoms. The van der Waals surface area contributed by atoms with E-state index in [1.807, 2.05) is 50.2 Å². The van der Waals surface area contributed by atoms with E-state index in [2.05, 4.69) is 10.4 Å². The average molecular weight is 409 g/mol. The van der Waals surface area contributed by atoms with Crippen LogP contribution in [0.25, 0.3) is 0 Å². The molecule has 0 atom stereocenters. The first-order valence-electron chi connectivity index (χ1n) is 9.72. The van der Waals surface area contributed by atoms with Gasteiger partial charge in [0.05, 0.1) is 14.2 Å². The summed E-state index contributed by atoms with van der Waals surface area (Å²) in [6, 6.07) is 13.4. The molecule has 7 heteroatoms. The van der Waals surface area contributed by atoms with Crippen LogP contribution in [-0.4, -0.2) is 36.5 Å². The Balaban J connectivity index is 1.51. The lowest BCUT2D eigenvalue weighted by Crippen LogP contribution is -2.26. The Bertz CT molecular complexity index is 1010. The van der Waals surface area contributed by atoms with Crippen LogP contribution in [0, 0.1) is 13.8 Å². The molecule has 0 radical (unpaired) electrons. The molecular formula is C23H27N3O4. The van der Waals surface area contributed by atoms with Gasteiger partial charge in [0.2, 0.25) is 0 Å². The maximum absolute atomic E-state index is 12.4. The number of hydrogen-bond acceptors (Lipinski definition) is 5. The van der Waals surface area contributed by atoms with Crippen molar-refractivity contribution in [2.45, 2.75) is 27.0 Å². The lowest BCUT2D eigenvalue weighted by Gasteiger charge is -2.10. The summed E-state index contributed by atoms with van der Waals surface area (Å²) in [5.74, 6) is 1.94. The highest BCUT2D eigenvalue weighted by atomic mass is 16.5. The number of hydrogen-bond donors (Lipinski definition) is 1. The van der Waals surface area contributed by atoms with Crippen molar-refractivity contribution in [3.05, 3.63) is 71.0 Å². The topological polar surface area (TPSA) is 74.6 Å². The van der Waals surface area contributed by atoms with E-state index in [0.717, 1.165) is 22.4 Å². The first kappa shape index (κ1) is 21.2. The van der Waals surface area contributed by atoms with E-state index in [1.165, 1.54) is 0 Å². The lowest BCUT2D eigenvalue weighted by molar-refractivity contribution is 0.0947. The van der Waals surface area contributed by atoms with Gasteiger partial charge in [-0.25, -0.2) is 4.68 Å². The van der Waals surface area contributed by atoms with Crippen LogP contribution in [0.1, 0.15) is 27.2 Å². The van der Waals surface area contributed by atoms with Crippen molar-refractivity contribution in [2.24, 2.45) is 0 Å². The molecule has 0 aliphatic carbocycles. The summed E-state index contributed by atoms with van der Waals surface area (Å²) < 4.78 is 18.0. The number of carbonyl (C=O) groups excluding carboxylic acids is 1. The zero-order valence-corrected chi connectivity index (χ0v) is 17.8. The van der Waals surface area contributed by atoms with Crippen LogP contribution in [-0.2, 0) is 13.2 Å². The molecule has 0 aliphatic rings. The molecule has 1 N–H and O–H groups in total. The molecule has 3 aromatic rings. The summed E-state index contributed by atoms with van der Waals surface area (Å²) in [5.41, 5.74) is 3.58. The van der Waals surface area contributed by atoms with Gasteiger partial charge >= 0.3 is 0 Å². The van der Waals surface area contributed by atoms with Crippen LogP contribution < -0.4 is 19.5 Å². The minimum Gasteiger partial charge on any atom is -0.493 e. The third kappa shape index (κ3) is 5.31. The highest BCUT2D eigenvalue weighted by molar-refractivity contribution is 5.92. The van der Waals surface area contributed by atoms with E-state index in [4.69, 9.17) is 14.2 Å². The third-order valence-corrected chi connectivity index (χ3v) is 4.72. The molecule has 0 aliphatic heterocycles. The molecule has 3 rings (SSSR count). The van der Waals surface area contributed by atoms with Gasteiger partial charge in [-0.2, -0.15) is 5.10 Å². The van der Waals surface area contributed by atoms with E-state index in [1.54, 1.807) is 31.2 Å². The van der Waals surface area contributed by atoms with Crippen LogP contribution in [0.5, 0.6) is 17.2 Å². The molecule has 0 saturated carbocycles. The second kappa shape index (κ2) is 9.82. The number of aromatic nitrogens is 2. The number of nitrogens with zero attached hydrogens (tertiary/aromatic N) is 2. The Morgan fingerprint density at radius 3 is 2.57 bits per heavy atom. The molecule has 30 heavy (non-hydrogen) atoms. The average Bonchev–Trinajstić information content (AvgIpc) is 3.23. The molecule has 0 spiro atoms. The summed E-state index contributed by atoms with van der Waals surface area (Å²) in [5, 5.41) is 7.19. The van der Waals surface area contributed by atoms with E-state index in [9.17, 15) is 4.79 Å². The number of ether oxygens (including phenoxy) is 3. The predicted octanol–water partition coefficient (Wildman–Crippen LogP) is 3.53. The molecule has 1 heterocycles. The predicted molar refractivity (Wildman–Crippen MR) is 114 cm³/mol. The van der Waals surface area contributed by atoms with Gasteiger partial charge in [0.25, 0.3) is 5.91 Å². The van der Waals surface area contributed by atoms with Crippen LogP contribution in [0.3, 0.4) is 0 Å². The highest BCUT2D eigenvalue weighted by Gasteiger charge is 2.10. The van der Waals surface area contributed by atoms with Gasteiger partial charge in [0, 0.05) is 12.7 Å². The Morgan fingerprint density at radius 1 is 1.00 bits per heavy atom. The van der Waals surface area contributed by atoms with Gasteiger partial charge in [0.15, 0.2) is 18.2 Å². The molecule has 0 unspecified atom stereocenters. The fourth-order valence-corrected chi connectivity index (χ4v) is 3.00. The summed E-state index contributed by atoms with van der Waals surface area (Å²) in [6.45, 7) is 4.74. The minimum absolute atomic E-state index is 0.221. The van der Waals surface area contributed by atoms with Crippen molar-refractivity contribution in [2.75, 3.05) is 20.8 Å². The van der Waals surface area contributed by atoms with E-state index < -0.39 is 0 Å². The Kier molecular flexibility index (Phi) is 6.95. The van der Waals surface area contributed by atoms with Gasteiger partial charge in [0.1, 0.15) is 11.4 Å². The van der Waals surface area contributed by atoms with Crippen LogP contribution in [0.15, 0.2) is 48.7 Å². The third-order valence-electron chi connectivity index (χ3n) is 4.72. The molecule has 0 saturated heterocycles. The molecule has 0 fully saturated rings. The number of aryl methyl sites for hydroxylation is 2. The maximum Gasteiger partial charge on any atom is 0.271 e. The van der Waals surface area contributed by atoms with Gasteiger partial charge in [-0.05, 0) is 61.2 Å². The van der Waals surface area contributed by atoms with Crippen LogP contribution in [0.2, 0.25) is 0 Å². The number of benzene rings is 2. The monoisotopic (exact) mass is 409 g/mol. The van der Waals surface area contributed by atoms with Crippen molar-refractivity contribution in [1.82, 2.24) is 15.1 Å². The quantitative estimate of drug-likeness (QED) is 0.585. The van der Waals surface area contributed by atoms with E-state index in [-0.39, 0.29) is 12.6 Å². The molecule has 7 nitrogen and oxygen atoms in total. The SMILES string of the molecule is COc1ccc(CCNC(=O)c2ccn(COc3cc(C)ccc3C)n2)cc1OC. The number of carbonyl (C=O) groups is 1. The van der Waals surface area contributed by atoms with Gasteiger partial charge < -0.3 is 19.5 Å². The van der Waals surface area contributed by atoms with Gasteiger partial charge in [-0.1, -0.05) is 18.2 Å². The summed E-state index contributed by atoms with van der Waals surface area (Å²) >= 11 is 0. The molecule has 1 aromatic heterocycles. The fourth-order valence-electron chi connectivity index (χ4n) is 3.00. The normalized spacial score (nSPS) is 10.5. The van der Waals surface area contributed by atoms with Crippen LogP contribution in [0.4, 0.5) is 0 Å². The molecule has 1 amide bonds. The zero-order chi connectivity index (χ0) is 21.5. The van der Waals surface area contributed by atoms with Crippen molar-refractivity contribution in [3.8, 4) is 17.2 Å². The number of amides is 1. The molecule has 158 valence electrons. The standard InChI is InChI=1S/C23H27N3O4/c1-16-5-6-17(2)21(13-16)30-15-26-12-10-19(25-26)23(27)24-11-9-18-7-8-20(28-3)22(14-18)29-4/h5-8,10,12-14H,9,11,15H2,1-4H3,(H,24,27). The largest absolute Gasteiger partial charge is 0.493 e. The summed E-state index contributed by atoms with van der Waals surface area (Å²) in [6.07, 6.45) is 2.40. The van der Waals surface area contributed by atoms with Gasteiger partial charge in [-0.15, -0.1) is 0 Å². The van der Waals surface area contributed by atoms with Crippen molar-refractivity contribution < 1.29 is 19.0 Å². The van der Waals surface area contributed by atoms with E-state index >= 15 is 0 Å². The number of nitrogens with one attached hydrogen (secondary N) is 1. The first-order chi connectivity index (χ1) is 14.5. The summed E-state index contributed by atoms with van der Waals surface area (Å²) in [4.78, 5) is 12.4. The fraction of sp³-hybridized carbons (Fsp3) is 0.304. The Hall–Kier alpha value is -3.48. The number of rotatable bonds is 9.